The summed E-state index contributed by atoms with van der Waals surface area (Å²) in [5, 5.41) is 8.61. The van der Waals surface area contributed by atoms with Gasteiger partial charge in [-0.2, -0.15) is 18.3 Å². The molecule has 8 nitrogen and oxygen atoms in total. The molecule has 3 rings (SSSR count). The summed E-state index contributed by atoms with van der Waals surface area (Å²) in [4.78, 5) is 28.3. The number of benzene rings is 1. The van der Waals surface area contributed by atoms with E-state index in [1.165, 1.54) is 36.9 Å². The van der Waals surface area contributed by atoms with Crippen LogP contribution in [0, 0.1) is 12.3 Å². The quantitative estimate of drug-likeness (QED) is 0.567. The molecule has 0 radical (unpaired) electrons. The lowest BCUT2D eigenvalue weighted by molar-refractivity contribution is -0.141. The number of nitrogens with one attached hydrogen (secondary N) is 2. The van der Waals surface area contributed by atoms with E-state index in [0.717, 1.165) is 17.1 Å². The highest BCUT2D eigenvalue weighted by Gasteiger charge is 2.38. The van der Waals surface area contributed by atoms with Gasteiger partial charge in [0.1, 0.15) is 6.54 Å². The molecule has 2 heterocycles. The van der Waals surface area contributed by atoms with Crippen molar-refractivity contribution in [1.82, 2.24) is 24.6 Å². The molecule has 0 fully saturated rings. The molecule has 12 heteroatoms. The molecule has 0 spiro atoms. The fraction of sp³-hybridized carbons (Fsp3) is 0.200. The zero-order valence-corrected chi connectivity index (χ0v) is 17.5. The SMILES string of the molecule is C#CCn1cc(-c2cnc(C(=O)Nc3ccc(C(=O)NC)c(Cl)c3)n2C)c(C(F)(F)F)n1. The monoisotopic (exact) mass is 464 g/mol. The molecule has 0 bridgehead atoms. The Morgan fingerprint density at radius 3 is 2.59 bits per heavy atom. The van der Waals surface area contributed by atoms with Crippen LogP contribution in [0.3, 0.4) is 0 Å². The van der Waals surface area contributed by atoms with E-state index < -0.39 is 23.7 Å². The van der Waals surface area contributed by atoms with Crippen molar-refractivity contribution >= 4 is 29.1 Å². The lowest BCUT2D eigenvalue weighted by Crippen LogP contribution is -2.19. The van der Waals surface area contributed by atoms with Crippen molar-refractivity contribution in [2.75, 3.05) is 12.4 Å². The first kappa shape index (κ1) is 22.9. The van der Waals surface area contributed by atoms with Crippen LogP contribution in [0.1, 0.15) is 26.7 Å². The van der Waals surface area contributed by atoms with Gasteiger partial charge in [-0.05, 0) is 18.2 Å². The summed E-state index contributed by atoms with van der Waals surface area (Å²) in [6.45, 7) is -0.152. The van der Waals surface area contributed by atoms with Crippen LogP contribution in [-0.4, -0.2) is 38.2 Å². The molecule has 0 atom stereocenters. The molecule has 2 aromatic heterocycles. The maximum Gasteiger partial charge on any atom is 0.435 e. The summed E-state index contributed by atoms with van der Waals surface area (Å²) < 4.78 is 42.5. The second-order valence-electron chi connectivity index (χ2n) is 6.54. The lowest BCUT2D eigenvalue weighted by atomic mass is 10.2. The first-order valence-corrected chi connectivity index (χ1v) is 9.37. The van der Waals surface area contributed by atoms with Crippen LogP contribution < -0.4 is 10.6 Å². The maximum absolute atomic E-state index is 13.4. The van der Waals surface area contributed by atoms with Gasteiger partial charge in [-0.25, -0.2) is 4.98 Å². The second-order valence-corrected chi connectivity index (χ2v) is 6.95. The molecule has 0 unspecified atom stereocenters. The van der Waals surface area contributed by atoms with E-state index in [2.05, 4.69) is 26.6 Å². The van der Waals surface area contributed by atoms with E-state index in [4.69, 9.17) is 18.0 Å². The van der Waals surface area contributed by atoms with Crippen molar-refractivity contribution in [1.29, 1.82) is 0 Å². The molecule has 0 saturated carbocycles. The largest absolute Gasteiger partial charge is 0.435 e. The summed E-state index contributed by atoms with van der Waals surface area (Å²) in [6, 6.07) is 4.26. The molecule has 32 heavy (non-hydrogen) atoms. The number of carbonyl (C=O) groups excluding carboxylic acids is 2. The van der Waals surface area contributed by atoms with Crippen LogP contribution in [-0.2, 0) is 19.8 Å². The Labute approximate surface area is 185 Å². The number of carbonyl (C=O) groups is 2. The first-order valence-electron chi connectivity index (χ1n) is 9.00. The number of halogens is 4. The Morgan fingerprint density at radius 2 is 2.00 bits per heavy atom. The Bertz CT molecular complexity index is 1240. The first-order chi connectivity index (χ1) is 15.1. The van der Waals surface area contributed by atoms with Gasteiger partial charge in [-0.1, -0.05) is 17.5 Å². The maximum atomic E-state index is 13.4. The van der Waals surface area contributed by atoms with Crippen molar-refractivity contribution in [3.05, 3.63) is 52.7 Å². The van der Waals surface area contributed by atoms with Crippen LogP contribution in [0.5, 0.6) is 0 Å². The number of amides is 2. The highest BCUT2D eigenvalue weighted by atomic mass is 35.5. The van der Waals surface area contributed by atoms with Crippen LogP contribution in [0.15, 0.2) is 30.6 Å². The number of nitrogens with zero attached hydrogens (tertiary/aromatic N) is 4. The minimum atomic E-state index is -4.73. The molecular weight excluding hydrogens is 449 g/mol. The second kappa shape index (κ2) is 8.76. The van der Waals surface area contributed by atoms with E-state index >= 15 is 0 Å². The van der Waals surface area contributed by atoms with E-state index in [9.17, 15) is 22.8 Å². The Kier molecular flexibility index (Phi) is 6.27. The number of rotatable bonds is 5. The minimum Gasteiger partial charge on any atom is -0.355 e. The molecule has 3 aromatic rings. The summed E-state index contributed by atoms with van der Waals surface area (Å²) >= 11 is 6.07. The van der Waals surface area contributed by atoms with Gasteiger partial charge in [0.25, 0.3) is 11.8 Å². The van der Waals surface area contributed by atoms with Gasteiger partial charge in [0.15, 0.2) is 11.5 Å². The molecule has 2 N–H and O–H groups in total. The highest BCUT2D eigenvalue weighted by molar-refractivity contribution is 6.34. The average molecular weight is 465 g/mol. The fourth-order valence-corrected chi connectivity index (χ4v) is 3.23. The summed E-state index contributed by atoms with van der Waals surface area (Å²) in [5.74, 6) is 0.990. The van der Waals surface area contributed by atoms with Gasteiger partial charge >= 0.3 is 6.18 Å². The number of aromatic nitrogens is 4. The zero-order chi connectivity index (χ0) is 23.6. The summed E-state index contributed by atoms with van der Waals surface area (Å²) in [6.07, 6.45) is 2.73. The fourth-order valence-electron chi connectivity index (χ4n) is 2.96. The normalized spacial score (nSPS) is 11.2. The number of anilines is 1. The minimum absolute atomic E-state index is 0.0266. The molecule has 0 aliphatic carbocycles. The number of hydrogen-bond donors (Lipinski definition) is 2. The van der Waals surface area contributed by atoms with E-state index in [0.29, 0.717) is 0 Å². The predicted molar refractivity (Wildman–Crippen MR) is 111 cm³/mol. The Hall–Kier alpha value is -3.78. The van der Waals surface area contributed by atoms with Gasteiger partial charge in [-0.15, -0.1) is 6.42 Å². The van der Waals surface area contributed by atoms with E-state index in [1.54, 1.807) is 0 Å². The van der Waals surface area contributed by atoms with Crippen LogP contribution >= 0.6 is 11.6 Å². The number of hydrogen-bond acceptors (Lipinski definition) is 4. The number of imidazole rings is 1. The van der Waals surface area contributed by atoms with Crippen molar-refractivity contribution in [3.8, 4) is 23.6 Å². The van der Waals surface area contributed by atoms with Crippen molar-refractivity contribution < 1.29 is 22.8 Å². The van der Waals surface area contributed by atoms with Crippen LogP contribution in [0.4, 0.5) is 18.9 Å². The van der Waals surface area contributed by atoms with E-state index in [-0.39, 0.29) is 39.9 Å². The standard InChI is InChI=1S/C20H16ClF3N6O2/c1-4-7-30-10-13(16(28-30)20(22,23)24)15-9-26-17(29(15)3)19(32)27-11-5-6-12(14(21)8-11)18(31)25-2/h1,5-6,8-10H,7H2,2-3H3,(H,25,31)(H,27,32). The zero-order valence-electron chi connectivity index (χ0n) is 16.8. The third kappa shape index (κ3) is 4.45. The molecule has 0 saturated heterocycles. The van der Waals surface area contributed by atoms with Crippen molar-refractivity contribution in [2.24, 2.45) is 7.05 Å². The van der Waals surface area contributed by atoms with Gasteiger partial charge in [0.05, 0.1) is 28.0 Å². The molecule has 0 aliphatic heterocycles. The van der Waals surface area contributed by atoms with Gasteiger partial charge in [0.2, 0.25) is 0 Å². The lowest BCUT2D eigenvalue weighted by Gasteiger charge is -2.10. The highest BCUT2D eigenvalue weighted by Crippen LogP contribution is 2.36. The summed E-state index contributed by atoms with van der Waals surface area (Å²) in [7, 11) is 2.85. The third-order valence-corrected chi connectivity index (χ3v) is 4.76. The van der Waals surface area contributed by atoms with Crippen molar-refractivity contribution in [2.45, 2.75) is 12.7 Å². The number of terminal acetylenes is 1. The van der Waals surface area contributed by atoms with Gasteiger partial charge in [0, 0.05) is 26.0 Å². The van der Waals surface area contributed by atoms with Crippen LogP contribution in [0.25, 0.3) is 11.3 Å². The smallest absolute Gasteiger partial charge is 0.355 e. The average Bonchev–Trinajstić information content (AvgIpc) is 3.31. The van der Waals surface area contributed by atoms with Crippen LogP contribution in [0.2, 0.25) is 5.02 Å². The molecule has 2 amide bonds. The van der Waals surface area contributed by atoms with Gasteiger partial charge < -0.3 is 15.2 Å². The predicted octanol–water partition coefficient (Wildman–Crippen LogP) is 3.20. The summed E-state index contributed by atoms with van der Waals surface area (Å²) in [5.41, 5.74) is -0.886. The van der Waals surface area contributed by atoms with Crippen molar-refractivity contribution in [3.63, 3.8) is 0 Å². The third-order valence-electron chi connectivity index (χ3n) is 4.45. The molecular formula is C20H16ClF3N6O2. The number of alkyl halides is 3. The Balaban J connectivity index is 1.92. The molecule has 1 aromatic carbocycles. The molecule has 0 aliphatic rings. The van der Waals surface area contributed by atoms with E-state index in [1.807, 2.05) is 0 Å². The Morgan fingerprint density at radius 1 is 1.28 bits per heavy atom. The molecule has 166 valence electrons. The topological polar surface area (TPSA) is 93.8 Å². The van der Waals surface area contributed by atoms with Gasteiger partial charge in [-0.3, -0.25) is 14.3 Å².